The first-order chi connectivity index (χ1) is 8.79. The molecule has 0 fully saturated rings. The highest BCUT2D eigenvalue weighted by Gasteiger charge is 2.20. The van der Waals surface area contributed by atoms with Crippen molar-refractivity contribution in [1.29, 1.82) is 0 Å². The molecule has 0 aliphatic heterocycles. The highest BCUT2D eigenvalue weighted by atomic mass is 32.1. The van der Waals surface area contributed by atoms with Crippen LogP contribution in [-0.2, 0) is 0 Å². The lowest BCUT2D eigenvalue weighted by atomic mass is 10.3. The lowest BCUT2D eigenvalue weighted by Gasteiger charge is -1.98. The van der Waals surface area contributed by atoms with Gasteiger partial charge in [0.15, 0.2) is 17.7 Å². The second-order valence-electron chi connectivity index (χ2n) is 3.43. The summed E-state index contributed by atoms with van der Waals surface area (Å²) in [7, 11) is 0. The van der Waals surface area contributed by atoms with Gasteiger partial charge in [-0.3, -0.25) is 4.79 Å². The summed E-state index contributed by atoms with van der Waals surface area (Å²) >= 11 is 1.36. The highest BCUT2D eigenvalue weighted by molar-refractivity contribution is 7.13. The Bertz CT molecular complexity index is 685. The molecule has 0 N–H and O–H groups in total. The number of furan rings is 1. The van der Waals surface area contributed by atoms with Gasteiger partial charge in [-0.1, -0.05) is 16.6 Å². The third-order valence-corrected chi connectivity index (χ3v) is 3.07. The summed E-state index contributed by atoms with van der Waals surface area (Å²) in [5.74, 6) is 0.509. The van der Waals surface area contributed by atoms with Crippen LogP contribution in [0.2, 0.25) is 0 Å². The summed E-state index contributed by atoms with van der Waals surface area (Å²) < 4.78 is 6.74. The molecule has 0 bridgehead atoms. The minimum atomic E-state index is 0.206. The minimum Gasteiger partial charge on any atom is -0.463 e. The molecule has 0 spiro atoms. The molecule has 3 rings (SSSR count). The first kappa shape index (κ1) is 10.8. The summed E-state index contributed by atoms with van der Waals surface area (Å²) in [5.41, 5.74) is 0.684. The Morgan fingerprint density at radius 1 is 1.39 bits per heavy atom. The second kappa shape index (κ2) is 4.15. The number of carbonyl (C=O) groups is 1. The molecule has 8 heteroatoms. The normalized spacial score (nSPS) is 10.7. The summed E-state index contributed by atoms with van der Waals surface area (Å²) in [6.45, 7) is 1.84. The minimum absolute atomic E-state index is 0.206. The monoisotopic (exact) mass is 261 g/mol. The van der Waals surface area contributed by atoms with Crippen LogP contribution >= 0.6 is 11.3 Å². The van der Waals surface area contributed by atoms with E-state index in [1.807, 2.05) is 6.92 Å². The molecule has 0 saturated heterocycles. The number of hydrogen-bond acceptors (Lipinski definition) is 7. The zero-order valence-electron chi connectivity index (χ0n) is 9.27. The summed E-state index contributed by atoms with van der Waals surface area (Å²) in [6, 6.07) is 3.46. The summed E-state index contributed by atoms with van der Waals surface area (Å²) in [6.07, 6.45) is 2.15. The van der Waals surface area contributed by atoms with E-state index in [4.69, 9.17) is 4.42 Å². The Morgan fingerprint density at radius 3 is 2.89 bits per heavy atom. The number of hydrogen-bond donors (Lipinski definition) is 0. The van der Waals surface area contributed by atoms with Crippen molar-refractivity contribution in [3.8, 4) is 16.6 Å². The molecule has 90 valence electrons. The van der Waals surface area contributed by atoms with E-state index >= 15 is 0 Å². The Labute approximate surface area is 105 Å². The molecular weight excluding hydrogens is 254 g/mol. The number of aldehydes is 1. The molecule has 0 aromatic carbocycles. The lowest BCUT2D eigenvalue weighted by molar-refractivity contribution is 0.111. The molecule has 7 nitrogen and oxygen atoms in total. The molecule has 0 amide bonds. The number of aryl methyl sites for hydroxylation is 1. The van der Waals surface area contributed by atoms with Crippen LogP contribution in [0, 0.1) is 6.92 Å². The molecule has 0 unspecified atom stereocenters. The van der Waals surface area contributed by atoms with E-state index in [-0.39, 0.29) is 5.69 Å². The van der Waals surface area contributed by atoms with E-state index in [2.05, 4.69) is 20.5 Å². The van der Waals surface area contributed by atoms with Crippen LogP contribution in [0.3, 0.4) is 0 Å². The zero-order valence-corrected chi connectivity index (χ0v) is 10.1. The van der Waals surface area contributed by atoms with E-state index < -0.39 is 0 Å². The molecule has 3 aromatic heterocycles. The van der Waals surface area contributed by atoms with Crippen molar-refractivity contribution in [2.24, 2.45) is 0 Å². The van der Waals surface area contributed by atoms with Gasteiger partial charge in [-0.25, -0.2) is 0 Å². The Kier molecular flexibility index (Phi) is 2.49. The van der Waals surface area contributed by atoms with E-state index in [1.54, 1.807) is 12.1 Å². The molecular formula is C10H7N5O2S. The van der Waals surface area contributed by atoms with Gasteiger partial charge in [-0.05, 0) is 19.1 Å². The maximum absolute atomic E-state index is 11.0. The first-order valence-corrected chi connectivity index (χ1v) is 5.86. The maximum Gasteiger partial charge on any atom is 0.234 e. The predicted molar refractivity (Wildman–Crippen MR) is 62.7 cm³/mol. The average molecular weight is 261 g/mol. The van der Waals surface area contributed by atoms with Gasteiger partial charge < -0.3 is 4.42 Å². The van der Waals surface area contributed by atoms with Gasteiger partial charge >= 0.3 is 0 Å². The van der Waals surface area contributed by atoms with Crippen molar-refractivity contribution in [3.63, 3.8) is 0 Å². The first-order valence-electron chi connectivity index (χ1n) is 5.05. The van der Waals surface area contributed by atoms with Gasteiger partial charge in [0.1, 0.15) is 10.7 Å². The second-order valence-corrected chi connectivity index (χ2v) is 4.59. The fourth-order valence-corrected chi connectivity index (χ4v) is 2.16. The number of carbonyl (C=O) groups excluding carboxylic acids is 1. The Hall–Kier alpha value is -2.35. The molecule has 0 atom stereocenters. The third-order valence-electron chi connectivity index (χ3n) is 2.26. The SMILES string of the molecule is Cc1nnc(-n2nnc(C=O)c2-c2ccco2)s1. The van der Waals surface area contributed by atoms with Gasteiger partial charge in [-0.2, -0.15) is 4.68 Å². The van der Waals surface area contributed by atoms with Crippen molar-refractivity contribution in [2.45, 2.75) is 6.92 Å². The molecule has 0 radical (unpaired) electrons. The smallest absolute Gasteiger partial charge is 0.234 e. The molecule has 0 aliphatic carbocycles. The molecule has 0 saturated carbocycles. The van der Waals surface area contributed by atoms with Crippen molar-refractivity contribution in [3.05, 3.63) is 29.1 Å². The van der Waals surface area contributed by atoms with E-state index in [0.717, 1.165) is 5.01 Å². The highest BCUT2D eigenvalue weighted by Crippen LogP contribution is 2.25. The topological polar surface area (TPSA) is 86.7 Å². The zero-order chi connectivity index (χ0) is 12.5. The average Bonchev–Trinajstić information content (AvgIpc) is 3.07. The van der Waals surface area contributed by atoms with Crippen molar-refractivity contribution >= 4 is 17.6 Å². The quantitative estimate of drug-likeness (QED) is 0.664. The number of aromatic nitrogens is 5. The Morgan fingerprint density at radius 2 is 2.28 bits per heavy atom. The van der Waals surface area contributed by atoms with E-state index in [9.17, 15) is 4.79 Å². The number of nitrogens with zero attached hydrogens (tertiary/aromatic N) is 5. The predicted octanol–water partition coefficient (Wildman–Crippen LogP) is 1.50. The van der Waals surface area contributed by atoms with Crippen LogP contribution in [0.15, 0.2) is 22.8 Å². The van der Waals surface area contributed by atoms with Crippen LogP contribution in [0.5, 0.6) is 0 Å². The van der Waals surface area contributed by atoms with E-state index in [0.29, 0.717) is 22.9 Å². The lowest BCUT2D eigenvalue weighted by Crippen LogP contribution is -1.99. The van der Waals surface area contributed by atoms with Gasteiger partial charge in [0, 0.05) is 0 Å². The van der Waals surface area contributed by atoms with Crippen LogP contribution in [-0.4, -0.2) is 31.5 Å². The van der Waals surface area contributed by atoms with Gasteiger partial charge in [0.05, 0.1) is 6.26 Å². The van der Waals surface area contributed by atoms with Crippen LogP contribution in [0.4, 0.5) is 0 Å². The number of rotatable bonds is 3. The van der Waals surface area contributed by atoms with Crippen LogP contribution < -0.4 is 0 Å². The molecule has 18 heavy (non-hydrogen) atoms. The van der Waals surface area contributed by atoms with Crippen molar-refractivity contribution < 1.29 is 9.21 Å². The fourth-order valence-electron chi connectivity index (χ4n) is 1.52. The molecule has 3 aromatic rings. The van der Waals surface area contributed by atoms with Crippen molar-refractivity contribution in [2.75, 3.05) is 0 Å². The fraction of sp³-hybridized carbons (Fsp3) is 0.100. The third kappa shape index (κ3) is 1.63. The van der Waals surface area contributed by atoms with E-state index in [1.165, 1.54) is 22.3 Å². The summed E-state index contributed by atoms with van der Waals surface area (Å²) in [5, 5.41) is 16.9. The maximum atomic E-state index is 11.0. The van der Waals surface area contributed by atoms with Gasteiger partial charge in [0.25, 0.3) is 0 Å². The standard InChI is InChI=1S/C10H7N5O2S/c1-6-11-13-10(18-6)15-9(7(5-16)12-14-15)8-3-2-4-17-8/h2-5H,1H3. The van der Waals surface area contributed by atoms with Crippen LogP contribution in [0.1, 0.15) is 15.5 Å². The van der Waals surface area contributed by atoms with Crippen LogP contribution in [0.25, 0.3) is 16.6 Å². The van der Waals surface area contributed by atoms with Gasteiger partial charge in [-0.15, -0.1) is 15.3 Å². The van der Waals surface area contributed by atoms with Gasteiger partial charge in [0.2, 0.25) is 5.13 Å². The molecule has 0 aliphatic rings. The summed E-state index contributed by atoms with van der Waals surface area (Å²) in [4.78, 5) is 11.0. The Balaban J connectivity index is 2.22. The van der Waals surface area contributed by atoms with Crippen molar-refractivity contribution in [1.82, 2.24) is 25.2 Å². The molecule has 3 heterocycles. The largest absolute Gasteiger partial charge is 0.463 e.